The predicted molar refractivity (Wildman–Crippen MR) is 148 cm³/mol. The fraction of sp³-hybridized carbons (Fsp3) is 0.433. The summed E-state index contributed by atoms with van der Waals surface area (Å²) in [6, 6.07) is 13.3. The molecular formula is C30H33ClFN3O3. The molecule has 38 heavy (non-hydrogen) atoms. The SMILES string of the molecule is CC(C(=O)N(C(=O)OC(C)(C)C)c1ccc(Cl)cc1)C1C[C@@H]2CN(c3ccnc4ccc(F)cc34)C[C@@H]2C1. The summed E-state index contributed by atoms with van der Waals surface area (Å²) in [4.78, 5) is 34.8. The molecule has 0 bridgehead atoms. The van der Waals surface area contributed by atoms with Gasteiger partial charge >= 0.3 is 6.09 Å². The molecule has 0 N–H and O–H groups in total. The second-order valence-electron chi connectivity index (χ2n) is 11.6. The summed E-state index contributed by atoms with van der Waals surface area (Å²) in [6.07, 6.45) is 2.88. The maximum atomic E-state index is 14.0. The highest BCUT2D eigenvalue weighted by atomic mass is 35.5. The highest BCUT2D eigenvalue weighted by Gasteiger charge is 2.45. The van der Waals surface area contributed by atoms with Crippen molar-refractivity contribution in [1.29, 1.82) is 0 Å². The Morgan fingerprint density at radius 1 is 1.08 bits per heavy atom. The van der Waals surface area contributed by atoms with Crippen LogP contribution in [0.15, 0.2) is 54.7 Å². The summed E-state index contributed by atoms with van der Waals surface area (Å²) in [5, 5.41) is 1.35. The number of pyridine rings is 1. The fourth-order valence-electron chi connectivity index (χ4n) is 5.96. The van der Waals surface area contributed by atoms with Gasteiger partial charge in [0.2, 0.25) is 5.91 Å². The number of aromatic nitrogens is 1. The monoisotopic (exact) mass is 537 g/mol. The van der Waals surface area contributed by atoms with E-state index in [1.54, 1.807) is 63.4 Å². The van der Waals surface area contributed by atoms with Gasteiger partial charge in [-0.05, 0) is 99.9 Å². The van der Waals surface area contributed by atoms with Crippen LogP contribution in [0.2, 0.25) is 5.02 Å². The average molecular weight is 538 g/mol. The zero-order chi connectivity index (χ0) is 27.2. The largest absolute Gasteiger partial charge is 0.443 e. The van der Waals surface area contributed by atoms with E-state index in [1.165, 1.54) is 6.07 Å². The Bertz CT molecular complexity index is 1340. The van der Waals surface area contributed by atoms with E-state index < -0.39 is 11.7 Å². The van der Waals surface area contributed by atoms with E-state index in [9.17, 15) is 14.0 Å². The van der Waals surface area contributed by atoms with Crippen LogP contribution in [0.4, 0.5) is 20.6 Å². The molecule has 1 saturated heterocycles. The number of nitrogens with zero attached hydrogens (tertiary/aromatic N) is 3. The number of hydrogen-bond acceptors (Lipinski definition) is 5. The third-order valence-electron chi connectivity index (χ3n) is 7.79. The van der Waals surface area contributed by atoms with Gasteiger partial charge < -0.3 is 9.64 Å². The first-order valence-electron chi connectivity index (χ1n) is 13.1. The van der Waals surface area contributed by atoms with Crippen molar-refractivity contribution in [3.63, 3.8) is 0 Å². The first-order valence-corrected chi connectivity index (χ1v) is 13.5. The first kappa shape index (κ1) is 26.4. The van der Waals surface area contributed by atoms with E-state index in [2.05, 4.69) is 9.88 Å². The maximum Gasteiger partial charge on any atom is 0.421 e. The standard InChI is InChI=1S/C30H33ClFN3O3/c1-18(28(36)35(29(37)38-30(2,3)4)24-8-5-22(31)6-9-24)19-13-20-16-34(17-21(20)14-19)27-11-12-33-26-10-7-23(32)15-25(26)27/h5-12,15,18-21H,13-14,16-17H2,1-4H3/t18?,19?,20-,21+. The normalized spacial score (nSPS) is 21.8. The number of halogens is 2. The van der Waals surface area contributed by atoms with Gasteiger partial charge in [-0.2, -0.15) is 0 Å². The molecule has 0 radical (unpaired) electrons. The Labute approximate surface area is 227 Å². The highest BCUT2D eigenvalue weighted by molar-refractivity contribution is 6.30. The Morgan fingerprint density at radius 2 is 1.74 bits per heavy atom. The maximum absolute atomic E-state index is 14.0. The lowest BCUT2D eigenvalue weighted by atomic mass is 9.89. The van der Waals surface area contributed by atoms with Crippen molar-refractivity contribution in [3.05, 3.63) is 65.6 Å². The summed E-state index contributed by atoms with van der Waals surface area (Å²) in [5.41, 5.74) is 1.49. The lowest BCUT2D eigenvalue weighted by Gasteiger charge is -2.30. The summed E-state index contributed by atoms with van der Waals surface area (Å²) >= 11 is 6.05. The molecule has 1 aliphatic heterocycles. The molecule has 2 aliphatic rings. The zero-order valence-corrected chi connectivity index (χ0v) is 22.9. The number of anilines is 2. The molecule has 2 amide bonds. The number of carbonyl (C=O) groups is 2. The molecule has 1 aliphatic carbocycles. The highest BCUT2D eigenvalue weighted by Crippen LogP contribution is 2.46. The fourth-order valence-corrected chi connectivity index (χ4v) is 6.08. The molecule has 2 heterocycles. The van der Waals surface area contributed by atoms with Gasteiger partial charge in [0.05, 0.1) is 11.2 Å². The van der Waals surface area contributed by atoms with Gasteiger partial charge in [0.15, 0.2) is 0 Å². The number of imide groups is 1. The predicted octanol–water partition coefficient (Wildman–Crippen LogP) is 7.09. The molecule has 5 rings (SSSR count). The van der Waals surface area contributed by atoms with E-state index in [0.717, 1.165) is 47.4 Å². The van der Waals surface area contributed by atoms with E-state index in [-0.39, 0.29) is 23.6 Å². The first-order chi connectivity index (χ1) is 18.0. The van der Waals surface area contributed by atoms with Crippen LogP contribution in [-0.2, 0) is 9.53 Å². The molecule has 4 atom stereocenters. The van der Waals surface area contributed by atoms with Crippen LogP contribution in [0.1, 0.15) is 40.5 Å². The van der Waals surface area contributed by atoms with Gasteiger partial charge in [-0.1, -0.05) is 18.5 Å². The lowest BCUT2D eigenvalue weighted by Crippen LogP contribution is -2.45. The molecular weight excluding hydrogens is 505 g/mol. The molecule has 0 spiro atoms. The minimum absolute atomic E-state index is 0.156. The number of benzene rings is 2. The van der Waals surface area contributed by atoms with Crippen LogP contribution in [-0.4, -0.2) is 35.7 Å². The van der Waals surface area contributed by atoms with Crippen LogP contribution < -0.4 is 9.80 Å². The number of carbonyl (C=O) groups excluding carboxylic acids is 2. The molecule has 1 saturated carbocycles. The molecule has 8 heteroatoms. The summed E-state index contributed by atoms with van der Waals surface area (Å²) < 4.78 is 19.6. The van der Waals surface area contributed by atoms with Crippen molar-refractivity contribution in [1.82, 2.24) is 4.98 Å². The molecule has 2 aromatic carbocycles. The van der Waals surface area contributed by atoms with Gasteiger partial charge in [-0.3, -0.25) is 9.78 Å². The number of amides is 2. The van der Waals surface area contributed by atoms with Gasteiger partial charge in [-0.15, -0.1) is 0 Å². The lowest BCUT2D eigenvalue weighted by molar-refractivity contribution is -0.123. The summed E-state index contributed by atoms with van der Waals surface area (Å²) in [5.74, 6) is 0.124. The van der Waals surface area contributed by atoms with Crippen molar-refractivity contribution in [3.8, 4) is 0 Å². The Kier molecular flexibility index (Phi) is 7.07. The van der Waals surface area contributed by atoms with Crippen molar-refractivity contribution < 1.29 is 18.7 Å². The van der Waals surface area contributed by atoms with Gasteiger partial charge in [0.1, 0.15) is 11.4 Å². The van der Waals surface area contributed by atoms with Crippen LogP contribution in [0.5, 0.6) is 0 Å². The second-order valence-corrected chi connectivity index (χ2v) is 12.0. The van der Waals surface area contributed by atoms with Crippen molar-refractivity contribution in [2.24, 2.45) is 23.7 Å². The smallest absolute Gasteiger partial charge is 0.421 e. The van der Waals surface area contributed by atoms with Crippen molar-refractivity contribution in [2.45, 2.75) is 46.1 Å². The Morgan fingerprint density at radius 3 is 2.37 bits per heavy atom. The van der Waals surface area contributed by atoms with Gasteiger partial charge in [-0.25, -0.2) is 14.1 Å². The minimum Gasteiger partial charge on any atom is -0.443 e. The zero-order valence-electron chi connectivity index (χ0n) is 22.2. The second kappa shape index (κ2) is 10.2. The number of fused-ring (bicyclic) bond motifs is 2. The summed E-state index contributed by atoms with van der Waals surface area (Å²) in [6.45, 7) is 8.96. The third-order valence-corrected chi connectivity index (χ3v) is 8.04. The van der Waals surface area contributed by atoms with Crippen LogP contribution in [0, 0.1) is 29.5 Å². The summed E-state index contributed by atoms with van der Waals surface area (Å²) in [7, 11) is 0. The van der Waals surface area contributed by atoms with Crippen molar-refractivity contribution in [2.75, 3.05) is 22.9 Å². The molecule has 6 nitrogen and oxygen atoms in total. The molecule has 3 aromatic rings. The topological polar surface area (TPSA) is 62.7 Å². The Hall–Kier alpha value is -3.19. The van der Waals surface area contributed by atoms with Crippen molar-refractivity contribution >= 4 is 45.9 Å². The quantitative estimate of drug-likeness (QED) is 0.355. The number of rotatable bonds is 4. The van der Waals surface area contributed by atoms with Gasteiger partial charge in [0, 0.05) is 41.3 Å². The van der Waals surface area contributed by atoms with Crippen LogP contribution in [0.3, 0.4) is 0 Å². The van der Waals surface area contributed by atoms with Crippen LogP contribution >= 0.6 is 11.6 Å². The van der Waals surface area contributed by atoms with Gasteiger partial charge in [0.25, 0.3) is 0 Å². The van der Waals surface area contributed by atoms with E-state index in [1.807, 2.05) is 13.0 Å². The van der Waals surface area contributed by atoms with E-state index in [0.29, 0.717) is 22.5 Å². The number of ether oxygens (including phenoxy) is 1. The molecule has 2 fully saturated rings. The number of hydrogen-bond donors (Lipinski definition) is 0. The minimum atomic E-state index is -0.737. The Balaban J connectivity index is 1.31. The molecule has 1 aromatic heterocycles. The van der Waals surface area contributed by atoms with E-state index >= 15 is 0 Å². The van der Waals surface area contributed by atoms with E-state index in [4.69, 9.17) is 16.3 Å². The third kappa shape index (κ3) is 5.35. The van der Waals surface area contributed by atoms with Crippen LogP contribution in [0.25, 0.3) is 10.9 Å². The molecule has 200 valence electrons. The average Bonchev–Trinajstić information content (AvgIpc) is 3.43. The molecule has 2 unspecified atom stereocenters.